The predicted octanol–water partition coefficient (Wildman–Crippen LogP) is 1.77. The van der Waals surface area contributed by atoms with Gasteiger partial charge in [-0.2, -0.15) is 0 Å². The molecule has 0 spiro atoms. The molecule has 1 aromatic carbocycles. The van der Waals surface area contributed by atoms with Crippen molar-refractivity contribution in [3.05, 3.63) is 34.0 Å². The third-order valence-electron chi connectivity index (χ3n) is 5.69. The van der Waals surface area contributed by atoms with E-state index < -0.39 is 0 Å². The second-order valence-corrected chi connectivity index (χ2v) is 7.48. The number of morpholine rings is 1. The van der Waals surface area contributed by atoms with Gasteiger partial charge in [0, 0.05) is 25.7 Å². The third-order valence-corrected chi connectivity index (χ3v) is 5.69. The van der Waals surface area contributed by atoms with Gasteiger partial charge in [0.2, 0.25) is 17.1 Å². The van der Waals surface area contributed by atoms with Crippen molar-refractivity contribution in [2.24, 2.45) is 0 Å². The lowest BCUT2D eigenvalue weighted by Gasteiger charge is -2.29. The van der Waals surface area contributed by atoms with Gasteiger partial charge in [-0.05, 0) is 37.9 Å². The van der Waals surface area contributed by atoms with Crippen LogP contribution in [-0.2, 0) is 4.74 Å². The summed E-state index contributed by atoms with van der Waals surface area (Å²) >= 11 is 0. The zero-order valence-electron chi connectivity index (χ0n) is 16.4. The van der Waals surface area contributed by atoms with Gasteiger partial charge in [0.15, 0.2) is 0 Å². The number of para-hydroxylation sites is 1. The molecular weight excluding hydrogens is 360 g/mol. The number of hydrogen-bond donors (Lipinski definition) is 1. The van der Waals surface area contributed by atoms with Crippen LogP contribution in [0, 0.1) is 6.92 Å². The van der Waals surface area contributed by atoms with Crippen LogP contribution in [0.2, 0.25) is 0 Å². The van der Waals surface area contributed by atoms with E-state index in [-0.39, 0.29) is 23.8 Å². The molecule has 2 fully saturated rings. The minimum Gasteiger partial charge on any atom is -0.484 e. The molecule has 0 amide bonds. The summed E-state index contributed by atoms with van der Waals surface area (Å²) < 4.78 is 17.7. The summed E-state index contributed by atoms with van der Waals surface area (Å²) in [5.41, 5.74) is 1.41. The lowest BCUT2D eigenvalue weighted by atomic mass is 10.1. The van der Waals surface area contributed by atoms with Crippen molar-refractivity contribution in [1.82, 2.24) is 4.90 Å². The van der Waals surface area contributed by atoms with Gasteiger partial charge < -0.3 is 23.9 Å². The second-order valence-electron chi connectivity index (χ2n) is 7.48. The quantitative estimate of drug-likeness (QED) is 0.808. The first kappa shape index (κ1) is 19.2. The Bertz CT molecular complexity index is 875. The predicted molar refractivity (Wildman–Crippen MR) is 107 cm³/mol. The van der Waals surface area contributed by atoms with E-state index in [2.05, 4.69) is 4.90 Å². The number of rotatable bonds is 6. The van der Waals surface area contributed by atoms with E-state index in [0.29, 0.717) is 56.3 Å². The van der Waals surface area contributed by atoms with Gasteiger partial charge >= 0.3 is 0 Å². The standard InChI is InChI=1S/C21H28N2O5/c1-15-4-2-6-17-18(25)20(27-13-10-22-7-3-5-16(22)14-24)21(28-19(15)17)23-8-11-26-12-9-23/h2,4,6,16,24H,3,5,7-14H2,1H3. The van der Waals surface area contributed by atoms with E-state index in [9.17, 15) is 9.90 Å². The topological polar surface area (TPSA) is 75.4 Å². The fraction of sp³-hybridized carbons (Fsp3) is 0.571. The lowest BCUT2D eigenvalue weighted by molar-refractivity contribution is 0.119. The van der Waals surface area contributed by atoms with Crippen LogP contribution in [0.25, 0.3) is 11.0 Å². The Kier molecular flexibility index (Phi) is 5.85. The Morgan fingerprint density at radius 3 is 2.86 bits per heavy atom. The molecule has 0 saturated carbocycles. The molecule has 4 rings (SSSR count). The molecule has 3 heterocycles. The van der Waals surface area contributed by atoms with Crippen molar-refractivity contribution in [2.75, 3.05) is 57.5 Å². The molecule has 2 aliphatic rings. The monoisotopic (exact) mass is 388 g/mol. The molecule has 7 nitrogen and oxygen atoms in total. The molecule has 0 radical (unpaired) electrons. The molecule has 0 bridgehead atoms. The molecular formula is C21H28N2O5. The maximum Gasteiger partial charge on any atom is 0.243 e. The van der Waals surface area contributed by atoms with Gasteiger partial charge in [-0.3, -0.25) is 9.69 Å². The van der Waals surface area contributed by atoms with Crippen LogP contribution < -0.4 is 15.1 Å². The fourth-order valence-electron chi connectivity index (χ4n) is 4.09. The van der Waals surface area contributed by atoms with E-state index in [1.807, 2.05) is 24.0 Å². The first-order valence-corrected chi connectivity index (χ1v) is 10.1. The lowest BCUT2D eigenvalue weighted by Crippen LogP contribution is -2.38. The highest BCUT2D eigenvalue weighted by atomic mass is 16.5. The average molecular weight is 388 g/mol. The number of nitrogens with zero attached hydrogens (tertiary/aromatic N) is 2. The van der Waals surface area contributed by atoms with E-state index in [4.69, 9.17) is 13.9 Å². The normalized spacial score (nSPS) is 20.8. The van der Waals surface area contributed by atoms with Crippen molar-refractivity contribution in [3.8, 4) is 5.75 Å². The van der Waals surface area contributed by atoms with Crippen LogP contribution in [-0.4, -0.2) is 68.7 Å². The average Bonchev–Trinajstić information content (AvgIpc) is 3.18. The van der Waals surface area contributed by atoms with E-state index in [0.717, 1.165) is 24.9 Å². The number of anilines is 1. The molecule has 2 aliphatic heterocycles. The van der Waals surface area contributed by atoms with Crippen molar-refractivity contribution in [2.45, 2.75) is 25.8 Å². The summed E-state index contributed by atoms with van der Waals surface area (Å²) in [7, 11) is 0. The maximum atomic E-state index is 13.2. The summed E-state index contributed by atoms with van der Waals surface area (Å²) in [6.45, 7) is 6.64. The SMILES string of the molecule is Cc1cccc2c(=O)c(OCCN3CCCC3CO)c(N3CCOCC3)oc12. The molecule has 152 valence electrons. The molecule has 0 aliphatic carbocycles. The third kappa shape index (κ3) is 3.74. The van der Waals surface area contributed by atoms with Crippen LogP contribution in [0.1, 0.15) is 18.4 Å². The molecule has 2 aromatic rings. The molecule has 1 N–H and O–H groups in total. The van der Waals surface area contributed by atoms with Crippen LogP contribution in [0.4, 0.5) is 5.88 Å². The van der Waals surface area contributed by atoms with E-state index in [1.54, 1.807) is 6.07 Å². The summed E-state index contributed by atoms with van der Waals surface area (Å²) in [6, 6.07) is 5.78. The summed E-state index contributed by atoms with van der Waals surface area (Å²) in [5.74, 6) is 0.773. The minimum absolute atomic E-state index is 0.133. The number of hydrogen-bond acceptors (Lipinski definition) is 7. The highest BCUT2D eigenvalue weighted by Crippen LogP contribution is 2.31. The van der Waals surface area contributed by atoms with Gasteiger partial charge in [-0.15, -0.1) is 0 Å². The number of ether oxygens (including phenoxy) is 2. The van der Waals surface area contributed by atoms with Gasteiger partial charge in [0.25, 0.3) is 0 Å². The van der Waals surface area contributed by atoms with Crippen LogP contribution in [0.5, 0.6) is 5.75 Å². The number of aliphatic hydroxyl groups excluding tert-OH is 1. The number of likely N-dealkylation sites (tertiary alicyclic amines) is 1. The molecule has 2 saturated heterocycles. The van der Waals surface area contributed by atoms with Crippen molar-refractivity contribution in [3.63, 3.8) is 0 Å². The van der Waals surface area contributed by atoms with Crippen LogP contribution in [0.15, 0.2) is 27.4 Å². The van der Waals surface area contributed by atoms with Crippen molar-refractivity contribution in [1.29, 1.82) is 0 Å². The molecule has 1 aromatic heterocycles. The van der Waals surface area contributed by atoms with Gasteiger partial charge in [0.1, 0.15) is 12.2 Å². The van der Waals surface area contributed by atoms with Crippen LogP contribution >= 0.6 is 0 Å². The first-order chi connectivity index (χ1) is 13.7. The maximum absolute atomic E-state index is 13.2. The van der Waals surface area contributed by atoms with Crippen LogP contribution in [0.3, 0.4) is 0 Å². The Balaban J connectivity index is 1.63. The number of fused-ring (bicyclic) bond motifs is 1. The van der Waals surface area contributed by atoms with Gasteiger partial charge in [-0.1, -0.05) is 12.1 Å². The number of aliphatic hydroxyl groups is 1. The number of aryl methyl sites for hydroxylation is 1. The Hall–Kier alpha value is -2.09. The highest BCUT2D eigenvalue weighted by Gasteiger charge is 2.26. The minimum atomic E-state index is -0.133. The van der Waals surface area contributed by atoms with Gasteiger partial charge in [-0.25, -0.2) is 0 Å². The van der Waals surface area contributed by atoms with E-state index >= 15 is 0 Å². The summed E-state index contributed by atoms with van der Waals surface area (Å²) in [5, 5.41) is 10.0. The molecule has 1 unspecified atom stereocenters. The number of benzene rings is 1. The molecule has 1 atom stereocenters. The molecule has 7 heteroatoms. The summed E-state index contributed by atoms with van der Waals surface area (Å²) in [6.07, 6.45) is 2.09. The fourth-order valence-corrected chi connectivity index (χ4v) is 4.09. The van der Waals surface area contributed by atoms with Crippen molar-refractivity contribution >= 4 is 16.9 Å². The zero-order valence-corrected chi connectivity index (χ0v) is 16.4. The van der Waals surface area contributed by atoms with Crippen molar-refractivity contribution < 1.29 is 19.0 Å². The Morgan fingerprint density at radius 2 is 2.07 bits per heavy atom. The first-order valence-electron chi connectivity index (χ1n) is 10.1. The Morgan fingerprint density at radius 1 is 1.25 bits per heavy atom. The summed E-state index contributed by atoms with van der Waals surface area (Å²) in [4.78, 5) is 17.4. The largest absolute Gasteiger partial charge is 0.484 e. The smallest absolute Gasteiger partial charge is 0.243 e. The Labute approximate surface area is 164 Å². The molecule has 28 heavy (non-hydrogen) atoms. The zero-order chi connectivity index (χ0) is 19.5. The van der Waals surface area contributed by atoms with E-state index in [1.165, 1.54) is 0 Å². The highest BCUT2D eigenvalue weighted by molar-refractivity contribution is 5.83. The van der Waals surface area contributed by atoms with Gasteiger partial charge in [0.05, 0.1) is 25.2 Å². The second kappa shape index (κ2) is 8.51.